The summed E-state index contributed by atoms with van der Waals surface area (Å²) in [6, 6.07) is 27.8. The minimum Gasteiger partial charge on any atom is -0.329 e. The zero-order chi connectivity index (χ0) is 27.8. The van der Waals surface area contributed by atoms with E-state index in [2.05, 4.69) is 20.7 Å². The van der Waals surface area contributed by atoms with E-state index in [1.807, 2.05) is 43.3 Å². The van der Waals surface area contributed by atoms with Gasteiger partial charge in [0.1, 0.15) is 0 Å². The summed E-state index contributed by atoms with van der Waals surface area (Å²) in [6.07, 6.45) is 0. The van der Waals surface area contributed by atoms with E-state index in [-0.39, 0.29) is 4.90 Å². The molecule has 4 aromatic rings. The molecule has 2 atom stereocenters. The Bertz CT molecular complexity index is 1530. The number of amides is 4. The second-order valence-corrected chi connectivity index (χ2v) is 10.9. The van der Waals surface area contributed by atoms with Gasteiger partial charge in [0.2, 0.25) is 0 Å². The van der Waals surface area contributed by atoms with Crippen molar-refractivity contribution in [3.8, 4) is 0 Å². The van der Waals surface area contributed by atoms with Crippen LogP contribution in [0.4, 0.5) is 15.3 Å². The number of urea groups is 2. The molecule has 0 aromatic heterocycles. The van der Waals surface area contributed by atoms with Crippen molar-refractivity contribution in [2.45, 2.75) is 23.9 Å². The first kappa shape index (κ1) is 27.7. The van der Waals surface area contributed by atoms with Crippen molar-refractivity contribution in [3.05, 3.63) is 131 Å². The van der Waals surface area contributed by atoms with Crippen LogP contribution in [0.1, 0.15) is 28.8 Å². The average Bonchev–Trinajstić information content (AvgIpc) is 2.91. The third-order valence-electron chi connectivity index (χ3n) is 5.86. The summed E-state index contributed by atoms with van der Waals surface area (Å²) >= 11 is 6.05. The highest BCUT2D eigenvalue weighted by Crippen LogP contribution is 2.29. The quantitative estimate of drug-likeness (QED) is 0.213. The Kier molecular flexibility index (Phi) is 8.85. The summed E-state index contributed by atoms with van der Waals surface area (Å²) in [5.41, 5.74) is 2.71. The molecule has 4 aromatic carbocycles. The van der Waals surface area contributed by atoms with E-state index in [0.717, 1.165) is 5.56 Å². The maximum Gasteiger partial charge on any atom is 0.329 e. The van der Waals surface area contributed by atoms with Gasteiger partial charge in [-0.15, -0.1) is 0 Å². The van der Waals surface area contributed by atoms with Crippen LogP contribution in [0.25, 0.3) is 0 Å². The van der Waals surface area contributed by atoms with Crippen molar-refractivity contribution in [1.82, 2.24) is 15.4 Å². The predicted molar refractivity (Wildman–Crippen MR) is 152 cm³/mol. The summed E-state index contributed by atoms with van der Waals surface area (Å²) in [5, 5.41) is 8.88. The van der Waals surface area contributed by atoms with Gasteiger partial charge in [-0.1, -0.05) is 96.0 Å². The fourth-order valence-electron chi connectivity index (χ4n) is 3.98. The van der Waals surface area contributed by atoms with Gasteiger partial charge in [0.05, 0.1) is 17.0 Å². The lowest BCUT2D eigenvalue weighted by Crippen LogP contribution is -2.46. The van der Waals surface area contributed by atoms with Crippen LogP contribution in [0.5, 0.6) is 0 Å². The van der Waals surface area contributed by atoms with Crippen LogP contribution in [-0.4, -0.2) is 20.5 Å². The molecule has 39 heavy (non-hydrogen) atoms. The van der Waals surface area contributed by atoms with Crippen LogP contribution in [0.3, 0.4) is 0 Å². The number of rotatable bonds is 8. The summed E-state index contributed by atoms with van der Waals surface area (Å²) in [7, 11) is -4.14. The number of anilines is 1. The summed E-state index contributed by atoms with van der Waals surface area (Å²) in [5.74, 6) is 0. The number of carbonyl (C=O) groups is 2. The number of benzene rings is 4. The number of aryl methyl sites for hydroxylation is 1. The van der Waals surface area contributed by atoms with Gasteiger partial charge < -0.3 is 16.0 Å². The van der Waals surface area contributed by atoms with Gasteiger partial charge in [-0.05, 0) is 48.4 Å². The molecular weight excluding hydrogens is 536 g/mol. The van der Waals surface area contributed by atoms with Crippen LogP contribution in [0.15, 0.2) is 114 Å². The fraction of sp³-hybridized carbons (Fsp3) is 0.103. The van der Waals surface area contributed by atoms with E-state index in [1.165, 1.54) is 12.1 Å². The Morgan fingerprint density at radius 2 is 1.23 bits per heavy atom. The summed E-state index contributed by atoms with van der Waals surface area (Å²) in [4.78, 5) is 26.1. The average molecular weight is 563 g/mol. The molecule has 4 rings (SSSR count). The zero-order valence-electron chi connectivity index (χ0n) is 21.0. The van der Waals surface area contributed by atoms with E-state index in [0.29, 0.717) is 21.8 Å². The smallest absolute Gasteiger partial charge is 0.329 e. The first-order valence-corrected chi connectivity index (χ1v) is 13.9. The van der Waals surface area contributed by atoms with Crippen molar-refractivity contribution < 1.29 is 18.0 Å². The molecule has 0 aliphatic heterocycles. The van der Waals surface area contributed by atoms with Crippen LogP contribution in [-0.2, 0) is 10.0 Å². The van der Waals surface area contributed by atoms with Crippen LogP contribution >= 0.6 is 11.6 Å². The molecule has 0 saturated heterocycles. The molecule has 0 aliphatic carbocycles. The molecular formula is C29H27ClN4O4S. The lowest BCUT2D eigenvalue weighted by molar-refractivity contribution is 0.232. The topological polar surface area (TPSA) is 116 Å². The van der Waals surface area contributed by atoms with Gasteiger partial charge in [-0.3, -0.25) is 0 Å². The molecule has 0 heterocycles. The van der Waals surface area contributed by atoms with Gasteiger partial charge in [0, 0.05) is 10.7 Å². The highest BCUT2D eigenvalue weighted by Gasteiger charge is 2.29. The van der Waals surface area contributed by atoms with Crippen molar-refractivity contribution >= 4 is 39.4 Å². The van der Waals surface area contributed by atoms with E-state index in [9.17, 15) is 18.0 Å². The zero-order valence-corrected chi connectivity index (χ0v) is 22.5. The standard InChI is InChI=1S/C29H27ClN4O4S/c1-20-15-17-25(18-16-20)39(37,38)34-29(36)33-27(22-11-6-3-7-12-22)26(21-9-4-2-5-10-21)32-28(35)31-24-14-8-13-23(30)19-24/h2-19,26-27H,1H3,(H2,31,32,35)(H2,33,34,36)/t26-,27-/m0/s1. The maximum absolute atomic E-state index is 13.1. The first-order chi connectivity index (χ1) is 18.7. The largest absolute Gasteiger partial charge is 0.329 e. The van der Waals surface area contributed by atoms with Gasteiger partial charge in [-0.2, -0.15) is 0 Å². The number of nitrogens with one attached hydrogen (secondary N) is 4. The minimum atomic E-state index is -4.14. The van der Waals surface area contributed by atoms with Gasteiger partial charge in [0.15, 0.2) is 0 Å². The van der Waals surface area contributed by atoms with E-state index in [1.54, 1.807) is 60.7 Å². The Balaban J connectivity index is 1.63. The number of carbonyl (C=O) groups excluding carboxylic acids is 2. The second-order valence-electron chi connectivity index (χ2n) is 8.78. The van der Waals surface area contributed by atoms with Crippen molar-refractivity contribution in [2.75, 3.05) is 5.32 Å². The number of halogens is 1. The molecule has 200 valence electrons. The molecule has 8 nitrogen and oxygen atoms in total. The molecule has 0 radical (unpaired) electrons. The normalized spacial score (nSPS) is 12.6. The third-order valence-corrected chi connectivity index (χ3v) is 7.45. The first-order valence-electron chi connectivity index (χ1n) is 12.0. The molecule has 0 unspecified atom stereocenters. The minimum absolute atomic E-state index is 0.0434. The number of sulfonamides is 1. The fourth-order valence-corrected chi connectivity index (χ4v) is 5.09. The van der Waals surface area contributed by atoms with Gasteiger partial charge in [-0.25, -0.2) is 22.7 Å². The number of hydrogen-bond acceptors (Lipinski definition) is 4. The molecule has 0 saturated carbocycles. The summed E-state index contributed by atoms with van der Waals surface area (Å²) in [6.45, 7) is 1.83. The SMILES string of the molecule is Cc1ccc(S(=O)(=O)NC(=O)N[C@@H](c2ccccc2)[C@@H](NC(=O)Nc2cccc(Cl)c2)c2ccccc2)cc1. The molecule has 10 heteroatoms. The Labute approximate surface area is 232 Å². The Hall–Kier alpha value is -4.34. The van der Waals surface area contributed by atoms with Crippen LogP contribution in [0, 0.1) is 6.92 Å². The molecule has 0 aliphatic rings. The highest BCUT2D eigenvalue weighted by molar-refractivity contribution is 7.90. The second kappa shape index (κ2) is 12.5. The predicted octanol–water partition coefficient (Wildman–Crippen LogP) is 5.94. The monoisotopic (exact) mass is 562 g/mol. The van der Waals surface area contributed by atoms with Crippen molar-refractivity contribution in [2.24, 2.45) is 0 Å². The van der Waals surface area contributed by atoms with Gasteiger partial charge >= 0.3 is 12.1 Å². The maximum atomic E-state index is 13.1. The van der Waals surface area contributed by atoms with E-state index >= 15 is 0 Å². The van der Waals surface area contributed by atoms with Crippen molar-refractivity contribution in [3.63, 3.8) is 0 Å². The molecule has 4 N–H and O–H groups in total. The lowest BCUT2D eigenvalue weighted by atomic mass is 9.93. The lowest BCUT2D eigenvalue weighted by Gasteiger charge is -2.30. The van der Waals surface area contributed by atoms with E-state index in [4.69, 9.17) is 11.6 Å². The Morgan fingerprint density at radius 3 is 1.77 bits per heavy atom. The third kappa shape index (κ3) is 7.59. The highest BCUT2D eigenvalue weighted by atomic mass is 35.5. The van der Waals surface area contributed by atoms with Crippen LogP contribution in [0.2, 0.25) is 5.02 Å². The molecule has 0 fully saturated rings. The van der Waals surface area contributed by atoms with Gasteiger partial charge in [0.25, 0.3) is 10.0 Å². The van der Waals surface area contributed by atoms with Crippen LogP contribution < -0.4 is 20.7 Å². The molecule has 4 amide bonds. The number of hydrogen-bond donors (Lipinski definition) is 4. The van der Waals surface area contributed by atoms with Crippen molar-refractivity contribution in [1.29, 1.82) is 0 Å². The Morgan fingerprint density at radius 1 is 0.692 bits per heavy atom. The molecule has 0 bridgehead atoms. The summed E-state index contributed by atoms with van der Waals surface area (Å²) < 4.78 is 27.8. The molecule has 0 spiro atoms. The van der Waals surface area contributed by atoms with E-state index < -0.39 is 34.2 Å².